The third-order valence-corrected chi connectivity index (χ3v) is 12.3. The molecule has 1 rings (SSSR count). The third-order valence-electron chi connectivity index (χ3n) is 5.23. The first-order chi connectivity index (χ1) is 14.1. The van der Waals surface area contributed by atoms with Crippen LogP contribution in [0.4, 0.5) is 0 Å². The van der Waals surface area contributed by atoms with Gasteiger partial charge in [0.15, 0.2) is 8.32 Å². The van der Waals surface area contributed by atoms with Crippen molar-refractivity contribution in [2.24, 2.45) is 0 Å². The first kappa shape index (κ1) is 27.5. The number of rotatable bonds is 7. The Labute approximate surface area is 193 Å². The molecular formula is C24H39NO3SSi2. The molecule has 0 atom stereocenters. The van der Waals surface area contributed by atoms with E-state index >= 15 is 0 Å². The minimum absolute atomic E-state index is 0.181. The summed E-state index contributed by atoms with van der Waals surface area (Å²) < 4.78 is 33.6. The Morgan fingerprint density at radius 2 is 1.52 bits per heavy atom. The van der Waals surface area contributed by atoms with Crippen LogP contribution < -0.4 is 0 Å². The Hall–Kier alpha value is -1.52. The van der Waals surface area contributed by atoms with E-state index in [1.54, 1.807) is 24.3 Å². The van der Waals surface area contributed by atoms with Gasteiger partial charge in [-0.2, -0.15) is 0 Å². The molecule has 0 aromatic heterocycles. The van der Waals surface area contributed by atoms with Crippen molar-refractivity contribution in [1.29, 1.82) is 0 Å². The predicted molar refractivity (Wildman–Crippen MR) is 136 cm³/mol. The molecule has 172 valence electrons. The van der Waals surface area contributed by atoms with Crippen molar-refractivity contribution < 1.29 is 12.8 Å². The molecule has 0 fully saturated rings. The van der Waals surface area contributed by atoms with Gasteiger partial charge in [0.05, 0.1) is 11.4 Å². The molecule has 7 heteroatoms. The first-order valence-corrected chi connectivity index (χ1v) is 18.6. The van der Waals surface area contributed by atoms with Crippen molar-refractivity contribution in [3.8, 4) is 23.4 Å². The van der Waals surface area contributed by atoms with Crippen LogP contribution in [0.1, 0.15) is 39.2 Å². The molecule has 0 aliphatic carbocycles. The average molecular weight is 478 g/mol. The van der Waals surface area contributed by atoms with Crippen molar-refractivity contribution in [2.45, 2.75) is 83.2 Å². The van der Waals surface area contributed by atoms with E-state index in [1.807, 2.05) is 6.92 Å². The Bertz CT molecular complexity index is 949. The minimum Gasteiger partial charge on any atom is -0.416 e. The monoisotopic (exact) mass is 477 g/mol. The second-order valence-electron chi connectivity index (χ2n) is 10.3. The van der Waals surface area contributed by atoms with E-state index in [2.05, 4.69) is 76.9 Å². The van der Waals surface area contributed by atoms with Gasteiger partial charge in [0, 0.05) is 25.5 Å². The zero-order chi connectivity index (χ0) is 23.9. The van der Waals surface area contributed by atoms with E-state index in [9.17, 15) is 8.42 Å². The topological polar surface area (TPSA) is 46.6 Å². The first-order valence-electron chi connectivity index (χ1n) is 10.8. The fraction of sp³-hybridized carbons (Fsp3) is 0.583. The van der Waals surface area contributed by atoms with Gasteiger partial charge in [0.2, 0.25) is 0 Å². The molecule has 0 spiro atoms. The highest BCUT2D eigenvalue weighted by Gasteiger charge is 2.36. The van der Waals surface area contributed by atoms with Crippen LogP contribution in [0.5, 0.6) is 0 Å². The summed E-state index contributed by atoms with van der Waals surface area (Å²) in [7, 11) is -7.16. The Morgan fingerprint density at radius 3 is 2.03 bits per heavy atom. The number of hydrogen-bond donors (Lipinski definition) is 0. The van der Waals surface area contributed by atoms with E-state index in [-0.39, 0.29) is 16.5 Å². The van der Waals surface area contributed by atoms with Gasteiger partial charge >= 0.3 is 0 Å². The summed E-state index contributed by atoms with van der Waals surface area (Å²) in [5, 5.41) is 0.181. The van der Waals surface area contributed by atoms with Crippen molar-refractivity contribution >= 4 is 26.4 Å². The second kappa shape index (κ2) is 10.9. The molecule has 0 aliphatic heterocycles. The minimum atomic E-state index is -3.68. The van der Waals surface area contributed by atoms with Crippen LogP contribution in [-0.4, -0.2) is 42.3 Å². The van der Waals surface area contributed by atoms with E-state index in [4.69, 9.17) is 4.43 Å². The molecule has 0 bridgehead atoms. The SMILES string of the molecule is Cc1ccc(S(=O)(=O)N(C#C[Si](C)(C)C)CCC#CCCO[Si](C)(C)C(C)(C)C)cc1. The highest BCUT2D eigenvalue weighted by molar-refractivity contribution is 7.89. The summed E-state index contributed by atoms with van der Waals surface area (Å²) in [6.45, 7) is 20.2. The smallest absolute Gasteiger partial charge is 0.270 e. The molecule has 0 saturated heterocycles. The number of nitrogens with zero attached hydrogens (tertiary/aromatic N) is 1. The van der Waals surface area contributed by atoms with Gasteiger partial charge in [0.25, 0.3) is 10.0 Å². The standard InChI is InChI=1S/C24H39NO3SSi2/c1-22-14-16-23(17-15-22)29(26,27)25(19-21-30(5,6)7)18-12-10-11-13-20-28-31(8,9)24(2,3)4/h14-17H,12-13,18,20H2,1-9H3. The fourth-order valence-electron chi connectivity index (χ4n) is 2.21. The molecule has 0 unspecified atom stereocenters. The second-order valence-corrected chi connectivity index (χ2v) is 21.8. The maximum Gasteiger partial charge on any atom is 0.270 e. The zero-order valence-electron chi connectivity index (χ0n) is 20.7. The summed E-state index contributed by atoms with van der Waals surface area (Å²) in [6.07, 6.45) is 1.09. The van der Waals surface area contributed by atoms with Crippen molar-refractivity contribution in [2.75, 3.05) is 13.2 Å². The maximum atomic E-state index is 13.1. The van der Waals surface area contributed by atoms with Gasteiger partial charge < -0.3 is 4.43 Å². The Balaban J connectivity index is 2.82. The summed E-state index contributed by atoms with van der Waals surface area (Å²) in [4.78, 5) is 0.263. The normalized spacial score (nSPS) is 12.4. The molecule has 1 aromatic rings. The lowest BCUT2D eigenvalue weighted by molar-refractivity contribution is 0.296. The summed E-state index contributed by atoms with van der Waals surface area (Å²) in [6, 6.07) is 9.80. The largest absolute Gasteiger partial charge is 0.416 e. The van der Waals surface area contributed by atoms with Gasteiger partial charge in [-0.15, -0.1) is 17.4 Å². The van der Waals surface area contributed by atoms with Crippen LogP contribution in [0.3, 0.4) is 0 Å². The molecule has 0 N–H and O–H groups in total. The van der Waals surface area contributed by atoms with Gasteiger partial charge in [-0.05, 0) is 37.2 Å². The average Bonchev–Trinajstić information content (AvgIpc) is 2.61. The number of hydrogen-bond acceptors (Lipinski definition) is 3. The molecule has 31 heavy (non-hydrogen) atoms. The number of aryl methyl sites for hydroxylation is 1. The third kappa shape index (κ3) is 9.25. The highest BCUT2D eigenvalue weighted by Crippen LogP contribution is 2.36. The molecular weight excluding hydrogens is 439 g/mol. The quantitative estimate of drug-likeness (QED) is 0.221. The number of benzene rings is 1. The predicted octanol–water partition coefficient (Wildman–Crippen LogP) is 5.63. The van der Waals surface area contributed by atoms with Crippen molar-refractivity contribution in [3.63, 3.8) is 0 Å². The van der Waals surface area contributed by atoms with E-state index in [0.717, 1.165) is 5.56 Å². The van der Waals surface area contributed by atoms with Crippen LogP contribution in [-0.2, 0) is 14.4 Å². The van der Waals surface area contributed by atoms with Crippen LogP contribution in [0.25, 0.3) is 0 Å². The van der Waals surface area contributed by atoms with Crippen LogP contribution in [0.15, 0.2) is 29.2 Å². The molecule has 1 aromatic carbocycles. The van der Waals surface area contributed by atoms with Crippen LogP contribution in [0.2, 0.25) is 37.8 Å². The van der Waals surface area contributed by atoms with Gasteiger partial charge in [-0.1, -0.05) is 58.1 Å². The lowest BCUT2D eigenvalue weighted by Crippen LogP contribution is -2.40. The van der Waals surface area contributed by atoms with Gasteiger partial charge in [0.1, 0.15) is 8.07 Å². The Kier molecular flexibility index (Phi) is 9.65. The summed E-state index contributed by atoms with van der Waals surface area (Å²) in [5.74, 6) is 6.22. The van der Waals surface area contributed by atoms with E-state index < -0.39 is 26.4 Å². The maximum absolute atomic E-state index is 13.1. The fourth-order valence-corrected chi connectivity index (χ4v) is 5.04. The van der Waals surface area contributed by atoms with E-state index in [1.165, 1.54) is 4.31 Å². The molecule has 0 radical (unpaired) electrons. The van der Waals surface area contributed by atoms with E-state index in [0.29, 0.717) is 19.4 Å². The highest BCUT2D eigenvalue weighted by atomic mass is 32.2. The van der Waals surface area contributed by atoms with Crippen molar-refractivity contribution in [1.82, 2.24) is 4.31 Å². The molecule has 0 aliphatic rings. The lowest BCUT2D eigenvalue weighted by Gasteiger charge is -2.35. The van der Waals surface area contributed by atoms with Gasteiger partial charge in [-0.25, -0.2) is 12.7 Å². The number of sulfonamides is 1. The molecule has 0 heterocycles. The molecule has 0 amide bonds. The lowest BCUT2D eigenvalue weighted by atomic mass is 10.2. The summed E-state index contributed by atoms with van der Waals surface area (Å²) >= 11 is 0. The summed E-state index contributed by atoms with van der Waals surface area (Å²) in [5.41, 5.74) is 4.19. The van der Waals surface area contributed by atoms with Gasteiger partial charge in [-0.3, -0.25) is 0 Å². The van der Waals surface area contributed by atoms with Crippen molar-refractivity contribution in [3.05, 3.63) is 29.8 Å². The Morgan fingerprint density at radius 1 is 0.968 bits per heavy atom. The molecule has 0 saturated carbocycles. The molecule has 4 nitrogen and oxygen atoms in total. The van der Waals surface area contributed by atoms with Crippen LogP contribution >= 0.6 is 0 Å². The zero-order valence-corrected chi connectivity index (χ0v) is 23.5. The van der Waals surface area contributed by atoms with Crippen LogP contribution in [0, 0.1) is 30.4 Å².